The number of quaternary nitrogens is 1. The maximum Gasteiger partial charge on any atom is 0.279 e. The summed E-state index contributed by atoms with van der Waals surface area (Å²) >= 11 is 0. The number of anilines is 2. The zero-order valence-corrected chi connectivity index (χ0v) is 16.1. The quantitative estimate of drug-likeness (QED) is 0.767. The second kappa shape index (κ2) is 8.82. The molecule has 0 bridgehead atoms. The van der Waals surface area contributed by atoms with E-state index in [1.54, 1.807) is 6.92 Å². The van der Waals surface area contributed by atoms with Crippen molar-refractivity contribution in [1.82, 2.24) is 0 Å². The highest BCUT2D eigenvalue weighted by Gasteiger charge is 2.22. The summed E-state index contributed by atoms with van der Waals surface area (Å²) < 4.78 is 0. The number of piperazine rings is 1. The second-order valence-electron chi connectivity index (χ2n) is 7.12. The van der Waals surface area contributed by atoms with Gasteiger partial charge in [0, 0.05) is 16.9 Å². The molecule has 2 aromatic carbocycles. The third-order valence-electron chi connectivity index (χ3n) is 5.17. The van der Waals surface area contributed by atoms with E-state index < -0.39 is 0 Å². The van der Waals surface area contributed by atoms with Crippen LogP contribution in [0.5, 0.6) is 0 Å². The van der Waals surface area contributed by atoms with Gasteiger partial charge in [0.15, 0.2) is 12.3 Å². The normalized spacial score (nSPS) is 14.8. The predicted molar refractivity (Wildman–Crippen MR) is 109 cm³/mol. The van der Waals surface area contributed by atoms with E-state index in [-0.39, 0.29) is 11.7 Å². The Bertz CT molecular complexity index is 776. The molecule has 3 rings (SSSR count). The topological polar surface area (TPSA) is 53.9 Å². The Morgan fingerprint density at radius 1 is 1.00 bits per heavy atom. The third-order valence-corrected chi connectivity index (χ3v) is 5.17. The number of carbonyl (C=O) groups is 2. The van der Waals surface area contributed by atoms with E-state index >= 15 is 0 Å². The maximum absolute atomic E-state index is 12.3. The fourth-order valence-electron chi connectivity index (χ4n) is 3.42. The van der Waals surface area contributed by atoms with Crippen molar-refractivity contribution in [3.05, 3.63) is 59.7 Å². The van der Waals surface area contributed by atoms with E-state index in [4.69, 9.17) is 0 Å². The molecule has 5 nitrogen and oxygen atoms in total. The predicted octanol–water partition coefficient (Wildman–Crippen LogP) is 1.80. The van der Waals surface area contributed by atoms with Crippen LogP contribution in [0.25, 0.3) is 0 Å². The van der Waals surface area contributed by atoms with Crippen molar-refractivity contribution < 1.29 is 14.5 Å². The molecule has 0 atom stereocenters. The first kappa shape index (κ1) is 19.1. The molecule has 1 fully saturated rings. The van der Waals surface area contributed by atoms with Gasteiger partial charge in [0.1, 0.15) is 0 Å². The third kappa shape index (κ3) is 5.17. The van der Waals surface area contributed by atoms with Crippen LogP contribution in [0, 0.1) is 0 Å². The number of aryl methyl sites for hydroxylation is 1. The van der Waals surface area contributed by atoms with E-state index in [1.165, 1.54) is 10.5 Å². The summed E-state index contributed by atoms with van der Waals surface area (Å²) in [4.78, 5) is 27.3. The summed E-state index contributed by atoms with van der Waals surface area (Å²) in [6, 6.07) is 15.8. The molecule has 142 valence electrons. The summed E-state index contributed by atoms with van der Waals surface area (Å²) in [5, 5.41) is 2.99. The van der Waals surface area contributed by atoms with Crippen LogP contribution < -0.4 is 15.1 Å². The van der Waals surface area contributed by atoms with Gasteiger partial charge in [-0.1, -0.05) is 19.1 Å². The highest BCUT2D eigenvalue weighted by molar-refractivity contribution is 5.94. The number of nitrogens with zero attached hydrogens (tertiary/aromatic N) is 1. The van der Waals surface area contributed by atoms with Crippen LogP contribution in [0.2, 0.25) is 0 Å². The van der Waals surface area contributed by atoms with Gasteiger partial charge in [-0.3, -0.25) is 9.59 Å². The van der Waals surface area contributed by atoms with Gasteiger partial charge in [-0.05, 0) is 55.3 Å². The number of rotatable bonds is 6. The molecule has 1 heterocycles. The minimum absolute atomic E-state index is 0.0634. The Morgan fingerprint density at radius 3 is 2.19 bits per heavy atom. The summed E-state index contributed by atoms with van der Waals surface area (Å²) in [7, 11) is 0. The lowest BCUT2D eigenvalue weighted by molar-refractivity contribution is -0.892. The van der Waals surface area contributed by atoms with Crippen molar-refractivity contribution in [2.75, 3.05) is 42.9 Å². The van der Waals surface area contributed by atoms with E-state index in [0.29, 0.717) is 6.54 Å². The molecule has 27 heavy (non-hydrogen) atoms. The molecule has 0 aromatic heterocycles. The monoisotopic (exact) mass is 366 g/mol. The Labute approximate surface area is 161 Å². The Kier molecular flexibility index (Phi) is 6.24. The lowest BCUT2D eigenvalue weighted by Gasteiger charge is -2.33. The van der Waals surface area contributed by atoms with E-state index in [9.17, 15) is 9.59 Å². The second-order valence-corrected chi connectivity index (χ2v) is 7.12. The molecular weight excluding hydrogens is 338 g/mol. The van der Waals surface area contributed by atoms with Crippen LogP contribution in [0.15, 0.2) is 48.5 Å². The number of nitrogens with one attached hydrogen (secondary N) is 2. The molecule has 0 aliphatic carbocycles. The lowest BCUT2D eigenvalue weighted by Crippen LogP contribution is -3.15. The fraction of sp³-hybridized carbons (Fsp3) is 0.364. The lowest BCUT2D eigenvalue weighted by atomic mass is 10.1. The molecule has 1 saturated heterocycles. The molecule has 0 spiro atoms. The van der Waals surface area contributed by atoms with Crippen LogP contribution in [-0.2, 0) is 11.2 Å². The molecule has 1 aliphatic heterocycles. The smallest absolute Gasteiger partial charge is 0.279 e. The van der Waals surface area contributed by atoms with Gasteiger partial charge in [-0.15, -0.1) is 0 Å². The number of amides is 1. The molecule has 1 amide bonds. The highest BCUT2D eigenvalue weighted by Crippen LogP contribution is 2.15. The fourth-order valence-corrected chi connectivity index (χ4v) is 3.42. The minimum atomic E-state index is 0.0634. The summed E-state index contributed by atoms with van der Waals surface area (Å²) in [6.45, 7) is 7.87. The maximum atomic E-state index is 12.3. The SMILES string of the molecule is CCc1ccc(NC(=O)C[NH+]2CCN(c3ccc(C(C)=O)cc3)CC2)cc1. The van der Waals surface area contributed by atoms with Crippen LogP contribution in [0.3, 0.4) is 0 Å². The van der Waals surface area contributed by atoms with Crippen molar-refractivity contribution in [1.29, 1.82) is 0 Å². The number of ketones is 1. The van der Waals surface area contributed by atoms with Crippen LogP contribution in [0.1, 0.15) is 29.8 Å². The molecule has 0 unspecified atom stereocenters. The zero-order valence-electron chi connectivity index (χ0n) is 16.1. The molecule has 0 radical (unpaired) electrons. The van der Waals surface area contributed by atoms with Gasteiger partial charge in [-0.2, -0.15) is 0 Å². The molecular formula is C22H28N3O2+. The minimum Gasteiger partial charge on any atom is -0.360 e. The molecule has 2 aromatic rings. The first-order chi connectivity index (χ1) is 13.0. The number of carbonyl (C=O) groups excluding carboxylic acids is 2. The van der Waals surface area contributed by atoms with E-state index in [0.717, 1.165) is 49.5 Å². The van der Waals surface area contributed by atoms with Crippen molar-refractivity contribution in [3.63, 3.8) is 0 Å². The molecule has 1 aliphatic rings. The number of Topliss-reactive ketones (excluding diaryl/α,β-unsaturated/α-hetero) is 1. The van der Waals surface area contributed by atoms with Crippen LogP contribution in [-0.4, -0.2) is 44.4 Å². The van der Waals surface area contributed by atoms with Crippen molar-refractivity contribution in [2.45, 2.75) is 20.3 Å². The molecule has 0 saturated carbocycles. The number of benzene rings is 2. The van der Waals surface area contributed by atoms with E-state index in [1.807, 2.05) is 36.4 Å². The largest absolute Gasteiger partial charge is 0.360 e. The van der Waals surface area contributed by atoms with Crippen molar-refractivity contribution >= 4 is 23.1 Å². The van der Waals surface area contributed by atoms with Gasteiger partial charge in [0.2, 0.25) is 0 Å². The van der Waals surface area contributed by atoms with Crippen molar-refractivity contribution in [3.8, 4) is 0 Å². The average molecular weight is 366 g/mol. The standard InChI is InChI=1S/C22H27N3O2/c1-3-18-4-8-20(9-5-18)23-22(27)16-24-12-14-25(15-13-24)21-10-6-19(7-11-21)17(2)26/h4-11H,3,12-16H2,1-2H3,(H,23,27)/p+1. The van der Waals surface area contributed by atoms with Crippen molar-refractivity contribution in [2.24, 2.45) is 0 Å². The number of hydrogen-bond donors (Lipinski definition) is 2. The summed E-state index contributed by atoms with van der Waals surface area (Å²) in [5.74, 6) is 0.152. The molecule has 5 heteroatoms. The van der Waals surface area contributed by atoms with E-state index in [2.05, 4.69) is 29.3 Å². The van der Waals surface area contributed by atoms with Gasteiger partial charge in [-0.25, -0.2) is 0 Å². The highest BCUT2D eigenvalue weighted by atomic mass is 16.2. The summed E-state index contributed by atoms with van der Waals surface area (Å²) in [6.07, 6.45) is 1.00. The first-order valence-corrected chi connectivity index (χ1v) is 9.63. The zero-order chi connectivity index (χ0) is 19.2. The summed E-state index contributed by atoms with van der Waals surface area (Å²) in [5.41, 5.74) is 4.01. The van der Waals surface area contributed by atoms with Crippen LogP contribution >= 0.6 is 0 Å². The Balaban J connectivity index is 1.47. The van der Waals surface area contributed by atoms with Gasteiger partial charge >= 0.3 is 0 Å². The van der Waals surface area contributed by atoms with Gasteiger partial charge in [0.25, 0.3) is 5.91 Å². The first-order valence-electron chi connectivity index (χ1n) is 9.63. The Morgan fingerprint density at radius 2 is 1.63 bits per heavy atom. The van der Waals surface area contributed by atoms with Gasteiger partial charge < -0.3 is 15.1 Å². The average Bonchev–Trinajstić information content (AvgIpc) is 2.69. The van der Waals surface area contributed by atoms with Crippen LogP contribution in [0.4, 0.5) is 11.4 Å². The number of hydrogen-bond acceptors (Lipinski definition) is 3. The Hall–Kier alpha value is -2.66. The molecule has 2 N–H and O–H groups in total. The van der Waals surface area contributed by atoms with Gasteiger partial charge in [0.05, 0.1) is 26.2 Å².